The van der Waals surface area contributed by atoms with Crippen LogP contribution in [0, 0.1) is 11.2 Å². The van der Waals surface area contributed by atoms with Gasteiger partial charge in [0.15, 0.2) is 0 Å². The Bertz CT molecular complexity index is 476. The molecule has 0 unspecified atom stereocenters. The molecule has 0 aliphatic carbocycles. The summed E-state index contributed by atoms with van der Waals surface area (Å²) in [5.74, 6) is -0.410. The van der Waals surface area contributed by atoms with E-state index in [1.54, 1.807) is 6.07 Å². The first-order valence-electron chi connectivity index (χ1n) is 6.57. The second-order valence-corrected chi connectivity index (χ2v) is 5.97. The second kappa shape index (κ2) is 8.08. The first-order chi connectivity index (χ1) is 9.55. The molecule has 1 fully saturated rings. The van der Waals surface area contributed by atoms with Crippen LogP contribution in [0.25, 0.3) is 0 Å². The summed E-state index contributed by atoms with van der Waals surface area (Å²) in [6.45, 7) is 1.69. The molecule has 1 aromatic rings. The average molecular weight is 382 g/mol. The highest BCUT2D eigenvalue weighted by atomic mass is 79.9. The van der Waals surface area contributed by atoms with Gasteiger partial charge in [-0.3, -0.25) is 4.79 Å². The molecule has 0 bridgehead atoms. The standard InChI is InChI=1S/C14H18BrFN2O2.ClH/c15-11-5-10(6-12(16)7-11)8-18-13(19)14(9-17)1-3-20-4-2-14;/h5-7H,1-4,8-9,17H2,(H,18,19);1H. The summed E-state index contributed by atoms with van der Waals surface area (Å²) in [6, 6.07) is 4.57. The minimum absolute atomic E-state index is 0. The maximum Gasteiger partial charge on any atom is 0.227 e. The molecule has 0 saturated carbocycles. The van der Waals surface area contributed by atoms with E-state index in [4.69, 9.17) is 10.5 Å². The Morgan fingerprint density at radius 3 is 2.62 bits per heavy atom. The van der Waals surface area contributed by atoms with E-state index in [0.29, 0.717) is 42.6 Å². The van der Waals surface area contributed by atoms with Crippen molar-refractivity contribution in [2.45, 2.75) is 19.4 Å². The maximum absolute atomic E-state index is 13.3. The summed E-state index contributed by atoms with van der Waals surface area (Å²) in [5.41, 5.74) is 5.93. The normalized spacial score (nSPS) is 16.9. The lowest BCUT2D eigenvalue weighted by molar-refractivity contribution is -0.136. The van der Waals surface area contributed by atoms with Gasteiger partial charge in [0.1, 0.15) is 5.82 Å². The predicted molar refractivity (Wildman–Crippen MR) is 84.7 cm³/mol. The van der Waals surface area contributed by atoms with E-state index in [1.165, 1.54) is 12.1 Å². The molecule has 0 radical (unpaired) electrons. The van der Waals surface area contributed by atoms with Crippen LogP contribution < -0.4 is 11.1 Å². The van der Waals surface area contributed by atoms with Crippen molar-refractivity contribution in [2.75, 3.05) is 19.8 Å². The number of rotatable bonds is 4. The van der Waals surface area contributed by atoms with E-state index >= 15 is 0 Å². The molecular formula is C14H19BrClFN2O2. The topological polar surface area (TPSA) is 64.4 Å². The molecule has 0 spiro atoms. The van der Waals surface area contributed by atoms with Crippen molar-refractivity contribution in [1.82, 2.24) is 5.32 Å². The molecule has 2 rings (SSSR count). The fraction of sp³-hybridized carbons (Fsp3) is 0.500. The second-order valence-electron chi connectivity index (χ2n) is 5.06. The van der Waals surface area contributed by atoms with Crippen LogP contribution in [0.3, 0.4) is 0 Å². The van der Waals surface area contributed by atoms with Gasteiger partial charge in [-0.05, 0) is 36.6 Å². The number of nitrogens with two attached hydrogens (primary N) is 1. The zero-order chi connectivity index (χ0) is 14.6. The van der Waals surface area contributed by atoms with Crippen molar-refractivity contribution in [3.8, 4) is 0 Å². The van der Waals surface area contributed by atoms with E-state index < -0.39 is 5.41 Å². The number of amides is 1. The summed E-state index contributed by atoms with van der Waals surface area (Å²) in [4.78, 5) is 12.3. The molecule has 7 heteroatoms. The number of hydrogen-bond acceptors (Lipinski definition) is 3. The number of hydrogen-bond donors (Lipinski definition) is 2. The van der Waals surface area contributed by atoms with Crippen LogP contribution in [-0.2, 0) is 16.1 Å². The zero-order valence-electron chi connectivity index (χ0n) is 11.5. The minimum Gasteiger partial charge on any atom is -0.381 e. The summed E-state index contributed by atoms with van der Waals surface area (Å²) in [6.07, 6.45) is 1.25. The van der Waals surface area contributed by atoms with Crippen molar-refractivity contribution in [2.24, 2.45) is 11.1 Å². The van der Waals surface area contributed by atoms with Gasteiger partial charge in [-0.15, -0.1) is 12.4 Å². The fourth-order valence-corrected chi connectivity index (χ4v) is 2.88. The summed E-state index contributed by atoms with van der Waals surface area (Å²) < 4.78 is 19.2. The predicted octanol–water partition coefficient (Wildman–Crippen LogP) is 2.38. The highest BCUT2D eigenvalue weighted by molar-refractivity contribution is 9.10. The molecule has 3 N–H and O–H groups in total. The number of benzene rings is 1. The Morgan fingerprint density at radius 2 is 2.05 bits per heavy atom. The third kappa shape index (κ3) is 4.64. The highest BCUT2D eigenvalue weighted by Crippen LogP contribution is 2.29. The van der Waals surface area contributed by atoms with Gasteiger partial charge in [-0.2, -0.15) is 0 Å². The van der Waals surface area contributed by atoms with Gasteiger partial charge < -0.3 is 15.8 Å². The molecular weight excluding hydrogens is 363 g/mol. The Labute approximate surface area is 138 Å². The van der Waals surface area contributed by atoms with E-state index in [1.807, 2.05) is 0 Å². The fourth-order valence-electron chi connectivity index (χ4n) is 2.37. The molecule has 1 heterocycles. The van der Waals surface area contributed by atoms with Gasteiger partial charge in [0.25, 0.3) is 0 Å². The van der Waals surface area contributed by atoms with Crippen LogP contribution in [0.5, 0.6) is 0 Å². The molecule has 1 saturated heterocycles. The molecule has 4 nitrogen and oxygen atoms in total. The van der Waals surface area contributed by atoms with Crippen LogP contribution in [0.4, 0.5) is 4.39 Å². The Hall–Kier alpha value is -0.690. The van der Waals surface area contributed by atoms with Crippen LogP contribution in [0.15, 0.2) is 22.7 Å². The van der Waals surface area contributed by atoms with Gasteiger partial charge in [0.05, 0.1) is 5.41 Å². The van der Waals surface area contributed by atoms with Crippen LogP contribution in [0.2, 0.25) is 0 Å². The highest BCUT2D eigenvalue weighted by Gasteiger charge is 2.38. The lowest BCUT2D eigenvalue weighted by Crippen LogP contribution is -2.48. The van der Waals surface area contributed by atoms with Crippen LogP contribution >= 0.6 is 28.3 Å². The lowest BCUT2D eigenvalue weighted by atomic mass is 9.79. The Morgan fingerprint density at radius 1 is 1.38 bits per heavy atom. The summed E-state index contributed by atoms with van der Waals surface area (Å²) in [5, 5.41) is 2.85. The van der Waals surface area contributed by atoms with Crippen LogP contribution in [-0.4, -0.2) is 25.7 Å². The quantitative estimate of drug-likeness (QED) is 0.841. The van der Waals surface area contributed by atoms with E-state index in [2.05, 4.69) is 21.2 Å². The molecule has 0 aromatic heterocycles. The first-order valence-corrected chi connectivity index (χ1v) is 7.36. The van der Waals surface area contributed by atoms with Crippen molar-refractivity contribution in [3.63, 3.8) is 0 Å². The average Bonchev–Trinajstić information content (AvgIpc) is 2.44. The van der Waals surface area contributed by atoms with Gasteiger partial charge in [0, 0.05) is 30.8 Å². The number of carbonyl (C=O) groups excluding carboxylic acids is 1. The lowest BCUT2D eigenvalue weighted by Gasteiger charge is -2.34. The Balaban J connectivity index is 0.00000220. The zero-order valence-corrected chi connectivity index (χ0v) is 13.9. The van der Waals surface area contributed by atoms with Gasteiger partial charge >= 0.3 is 0 Å². The van der Waals surface area contributed by atoms with Gasteiger partial charge in [-0.1, -0.05) is 15.9 Å². The monoisotopic (exact) mass is 380 g/mol. The number of halogens is 3. The number of ether oxygens (including phenoxy) is 1. The SMILES string of the molecule is Cl.NCC1(C(=O)NCc2cc(F)cc(Br)c2)CCOCC1. The molecule has 0 atom stereocenters. The number of carbonyl (C=O) groups is 1. The van der Waals surface area contributed by atoms with Crippen molar-refractivity contribution >= 4 is 34.2 Å². The van der Waals surface area contributed by atoms with E-state index in [9.17, 15) is 9.18 Å². The summed E-state index contributed by atoms with van der Waals surface area (Å²) >= 11 is 3.23. The minimum atomic E-state index is -0.553. The maximum atomic E-state index is 13.3. The Kier molecular flexibility index (Phi) is 7.06. The van der Waals surface area contributed by atoms with Crippen molar-refractivity contribution in [1.29, 1.82) is 0 Å². The first kappa shape index (κ1) is 18.4. The van der Waals surface area contributed by atoms with Crippen LogP contribution in [0.1, 0.15) is 18.4 Å². The van der Waals surface area contributed by atoms with E-state index in [-0.39, 0.29) is 30.7 Å². The molecule has 1 amide bonds. The molecule has 1 aliphatic heterocycles. The van der Waals surface area contributed by atoms with Gasteiger partial charge in [0.2, 0.25) is 5.91 Å². The van der Waals surface area contributed by atoms with Crippen molar-refractivity contribution < 1.29 is 13.9 Å². The largest absolute Gasteiger partial charge is 0.381 e. The van der Waals surface area contributed by atoms with E-state index in [0.717, 1.165) is 0 Å². The number of nitrogens with one attached hydrogen (secondary N) is 1. The van der Waals surface area contributed by atoms with Gasteiger partial charge in [-0.25, -0.2) is 4.39 Å². The van der Waals surface area contributed by atoms with Crippen molar-refractivity contribution in [3.05, 3.63) is 34.1 Å². The third-order valence-corrected chi connectivity index (χ3v) is 4.16. The molecule has 1 aromatic carbocycles. The molecule has 118 valence electrons. The molecule has 21 heavy (non-hydrogen) atoms. The smallest absolute Gasteiger partial charge is 0.227 e. The molecule has 1 aliphatic rings. The summed E-state index contributed by atoms with van der Waals surface area (Å²) in [7, 11) is 0. The third-order valence-electron chi connectivity index (χ3n) is 3.70.